The van der Waals surface area contributed by atoms with E-state index in [0.29, 0.717) is 10.7 Å². The molecule has 28 heavy (non-hydrogen) atoms. The lowest BCUT2D eigenvalue weighted by atomic mass is 10.1. The summed E-state index contributed by atoms with van der Waals surface area (Å²) < 4.78 is 5.19. The predicted molar refractivity (Wildman–Crippen MR) is 104 cm³/mol. The zero-order valence-electron chi connectivity index (χ0n) is 15.0. The van der Waals surface area contributed by atoms with Crippen LogP contribution >= 0.6 is 11.6 Å². The first-order valence-corrected chi connectivity index (χ1v) is 8.48. The second-order valence-electron chi connectivity index (χ2n) is 5.66. The van der Waals surface area contributed by atoms with E-state index in [1.165, 1.54) is 12.1 Å². The lowest BCUT2D eigenvalue weighted by Crippen LogP contribution is -2.14. The minimum absolute atomic E-state index is 0.119. The largest absolute Gasteiger partial charge is 0.500 e. The van der Waals surface area contributed by atoms with Gasteiger partial charge in [0.2, 0.25) is 5.75 Å². The van der Waals surface area contributed by atoms with Gasteiger partial charge in [-0.25, -0.2) is 0 Å². The average molecular weight is 402 g/mol. The molecule has 2 rings (SSSR count). The van der Waals surface area contributed by atoms with Crippen LogP contribution in [0.2, 0.25) is 5.02 Å². The number of nitrogens with one attached hydrogen (secondary N) is 1. The van der Waals surface area contributed by atoms with E-state index in [9.17, 15) is 25.3 Å². The van der Waals surface area contributed by atoms with Crippen LogP contribution in [0.25, 0.3) is 6.08 Å². The van der Waals surface area contributed by atoms with Gasteiger partial charge in [0.05, 0.1) is 11.5 Å². The Morgan fingerprint density at radius 2 is 2.14 bits per heavy atom. The quantitative estimate of drug-likeness (QED) is 0.323. The van der Waals surface area contributed by atoms with Gasteiger partial charge in [-0.1, -0.05) is 17.7 Å². The molecule has 2 N–H and O–H groups in total. The molecule has 1 amide bonds. The zero-order valence-corrected chi connectivity index (χ0v) is 15.8. The predicted octanol–water partition coefficient (Wildman–Crippen LogP) is 4.21. The summed E-state index contributed by atoms with van der Waals surface area (Å²) in [7, 11) is 0. The fourth-order valence-electron chi connectivity index (χ4n) is 2.34. The molecule has 0 unspecified atom stereocenters. The SMILES string of the molecule is CCOc1cc(/C=C(\C#N)C(=O)Nc2cc(Cl)ccc2C)cc([N+](=O)[O-])c1O. The van der Waals surface area contributed by atoms with Crippen LogP contribution in [0.15, 0.2) is 35.9 Å². The van der Waals surface area contributed by atoms with Gasteiger partial charge >= 0.3 is 5.69 Å². The summed E-state index contributed by atoms with van der Waals surface area (Å²) in [4.78, 5) is 22.8. The van der Waals surface area contributed by atoms with Crippen molar-refractivity contribution in [2.24, 2.45) is 0 Å². The number of phenols is 1. The van der Waals surface area contributed by atoms with Crippen molar-refractivity contribution in [3.05, 3.63) is 62.2 Å². The number of hydrogen-bond acceptors (Lipinski definition) is 6. The summed E-state index contributed by atoms with van der Waals surface area (Å²) in [5.74, 6) is -1.45. The summed E-state index contributed by atoms with van der Waals surface area (Å²) >= 11 is 5.92. The maximum Gasteiger partial charge on any atom is 0.315 e. The fourth-order valence-corrected chi connectivity index (χ4v) is 2.51. The van der Waals surface area contributed by atoms with Gasteiger partial charge in [-0.3, -0.25) is 14.9 Å². The third-order valence-corrected chi connectivity index (χ3v) is 3.93. The van der Waals surface area contributed by atoms with Gasteiger partial charge in [0, 0.05) is 16.8 Å². The van der Waals surface area contributed by atoms with Crippen LogP contribution in [0, 0.1) is 28.4 Å². The lowest BCUT2D eigenvalue weighted by molar-refractivity contribution is -0.386. The van der Waals surface area contributed by atoms with Crippen molar-refractivity contribution in [1.82, 2.24) is 0 Å². The Bertz CT molecular complexity index is 1010. The molecule has 0 heterocycles. The molecular formula is C19H16ClN3O5. The number of nitro groups is 1. The number of phenolic OH excluding ortho intramolecular Hbond substituents is 1. The molecule has 2 aromatic carbocycles. The number of nitrogens with zero attached hydrogens (tertiary/aromatic N) is 2. The van der Waals surface area contributed by atoms with E-state index in [1.807, 2.05) is 0 Å². The second-order valence-corrected chi connectivity index (χ2v) is 6.10. The van der Waals surface area contributed by atoms with Gasteiger partial charge in [-0.15, -0.1) is 0 Å². The molecule has 0 radical (unpaired) electrons. The summed E-state index contributed by atoms with van der Waals surface area (Å²) in [6.07, 6.45) is 1.17. The van der Waals surface area contributed by atoms with Crippen molar-refractivity contribution in [3.8, 4) is 17.6 Å². The van der Waals surface area contributed by atoms with Crippen molar-refractivity contribution >= 4 is 35.0 Å². The number of carbonyl (C=O) groups excluding carboxylic acids is 1. The molecular weight excluding hydrogens is 386 g/mol. The first-order chi connectivity index (χ1) is 13.3. The standard InChI is InChI=1S/C19H16ClN3O5/c1-3-28-17-8-12(7-16(18(17)24)23(26)27)6-13(10-21)19(25)22-15-9-14(20)5-4-11(15)2/h4-9,24H,3H2,1-2H3,(H,22,25)/b13-6+. The molecule has 0 aliphatic carbocycles. The van der Waals surface area contributed by atoms with Crippen LogP contribution in [-0.2, 0) is 4.79 Å². The Kier molecular flexibility index (Phi) is 6.58. The van der Waals surface area contributed by atoms with E-state index in [4.69, 9.17) is 16.3 Å². The summed E-state index contributed by atoms with van der Waals surface area (Å²) in [6, 6.07) is 9.04. The van der Waals surface area contributed by atoms with Gasteiger partial charge in [0.25, 0.3) is 5.91 Å². The molecule has 0 aliphatic heterocycles. The third-order valence-electron chi connectivity index (χ3n) is 3.70. The van der Waals surface area contributed by atoms with E-state index in [-0.39, 0.29) is 23.5 Å². The van der Waals surface area contributed by atoms with E-state index < -0.39 is 22.3 Å². The van der Waals surface area contributed by atoms with E-state index >= 15 is 0 Å². The minimum atomic E-state index is -0.781. The number of carbonyl (C=O) groups is 1. The van der Waals surface area contributed by atoms with Crippen molar-refractivity contribution in [1.29, 1.82) is 5.26 Å². The first-order valence-electron chi connectivity index (χ1n) is 8.10. The second kappa shape index (κ2) is 8.88. The third kappa shape index (κ3) is 4.78. The maximum atomic E-state index is 12.4. The van der Waals surface area contributed by atoms with Crippen molar-refractivity contribution in [2.75, 3.05) is 11.9 Å². The molecule has 0 bridgehead atoms. The monoisotopic (exact) mass is 401 g/mol. The van der Waals surface area contributed by atoms with E-state index in [2.05, 4.69) is 5.32 Å². The fraction of sp³-hybridized carbons (Fsp3) is 0.158. The topological polar surface area (TPSA) is 125 Å². The number of hydrogen-bond donors (Lipinski definition) is 2. The Labute approximate surface area is 165 Å². The number of aromatic hydroxyl groups is 1. The highest BCUT2D eigenvalue weighted by Crippen LogP contribution is 2.37. The summed E-state index contributed by atoms with van der Waals surface area (Å²) in [5, 5.41) is 33.4. The Hall–Kier alpha value is -3.57. The maximum absolute atomic E-state index is 12.4. The molecule has 0 fully saturated rings. The molecule has 8 nitrogen and oxygen atoms in total. The van der Waals surface area contributed by atoms with E-state index in [1.54, 1.807) is 38.1 Å². The molecule has 0 atom stereocenters. The number of amides is 1. The van der Waals surface area contributed by atoms with Crippen LogP contribution in [0.4, 0.5) is 11.4 Å². The molecule has 0 aliphatic rings. The Morgan fingerprint density at radius 3 is 2.75 bits per heavy atom. The highest BCUT2D eigenvalue weighted by molar-refractivity contribution is 6.31. The molecule has 2 aromatic rings. The van der Waals surface area contributed by atoms with Gasteiger partial charge in [0.15, 0.2) is 5.75 Å². The number of ether oxygens (including phenoxy) is 1. The highest BCUT2D eigenvalue weighted by atomic mass is 35.5. The number of nitro benzene ring substituents is 1. The van der Waals surface area contributed by atoms with Crippen LogP contribution < -0.4 is 10.1 Å². The zero-order chi connectivity index (χ0) is 20.8. The van der Waals surface area contributed by atoms with Crippen LogP contribution in [0.5, 0.6) is 11.5 Å². The first kappa shape index (κ1) is 20.7. The van der Waals surface area contributed by atoms with Crippen molar-refractivity contribution in [2.45, 2.75) is 13.8 Å². The van der Waals surface area contributed by atoms with Crippen LogP contribution in [0.1, 0.15) is 18.1 Å². The molecule has 9 heteroatoms. The normalized spacial score (nSPS) is 10.9. The van der Waals surface area contributed by atoms with Gasteiger partial charge in [-0.05, 0) is 49.2 Å². The Morgan fingerprint density at radius 1 is 1.43 bits per heavy atom. The smallest absolute Gasteiger partial charge is 0.315 e. The molecule has 0 saturated heterocycles. The molecule has 0 aromatic heterocycles. The van der Waals surface area contributed by atoms with Gasteiger partial charge in [0.1, 0.15) is 11.6 Å². The van der Waals surface area contributed by atoms with Crippen LogP contribution in [0.3, 0.4) is 0 Å². The van der Waals surface area contributed by atoms with E-state index in [0.717, 1.165) is 11.6 Å². The van der Waals surface area contributed by atoms with Gasteiger partial charge in [-0.2, -0.15) is 5.26 Å². The lowest BCUT2D eigenvalue weighted by Gasteiger charge is -2.09. The number of aryl methyl sites for hydroxylation is 1. The minimum Gasteiger partial charge on any atom is -0.500 e. The number of halogens is 1. The highest BCUT2D eigenvalue weighted by Gasteiger charge is 2.20. The number of nitriles is 1. The van der Waals surface area contributed by atoms with Gasteiger partial charge < -0.3 is 15.2 Å². The average Bonchev–Trinajstić information content (AvgIpc) is 2.64. The summed E-state index contributed by atoms with van der Waals surface area (Å²) in [5.41, 5.74) is 0.448. The molecule has 0 saturated carbocycles. The Balaban J connectivity index is 2.43. The molecule has 0 spiro atoms. The summed E-state index contributed by atoms with van der Waals surface area (Å²) in [6.45, 7) is 3.58. The van der Waals surface area contributed by atoms with Crippen molar-refractivity contribution < 1.29 is 19.6 Å². The van der Waals surface area contributed by atoms with Crippen molar-refractivity contribution in [3.63, 3.8) is 0 Å². The van der Waals surface area contributed by atoms with Crippen LogP contribution in [-0.4, -0.2) is 22.5 Å². The number of anilines is 1. The molecule has 144 valence electrons. The number of benzene rings is 2. The number of rotatable bonds is 6.